The van der Waals surface area contributed by atoms with E-state index in [-0.39, 0.29) is 18.6 Å². The van der Waals surface area contributed by atoms with Gasteiger partial charge in [0.05, 0.1) is 29.0 Å². The summed E-state index contributed by atoms with van der Waals surface area (Å²) in [6.07, 6.45) is 3.15. The molecule has 1 N–H and O–H groups in total. The molecule has 0 saturated carbocycles. The largest absolute Gasteiger partial charge is 0.458 e. The lowest BCUT2D eigenvalue weighted by Gasteiger charge is -2.31. The molecule has 0 fully saturated rings. The number of aliphatic hydroxyl groups is 1. The molecule has 2 aliphatic rings. The number of aryl methyl sites for hydroxylation is 1. The lowest BCUT2D eigenvalue weighted by molar-refractivity contribution is -0.172. The zero-order valence-electron chi connectivity index (χ0n) is 20.3. The molecule has 0 spiro atoms. The van der Waals surface area contributed by atoms with Gasteiger partial charge < -0.3 is 14.4 Å². The average Bonchev–Trinajstić information content (AvgIpc) is 3.17. The Hall–Kier alpha value is -2.42. The number of hydrogen-bond donors (Lipinski definition) is 1. The number of esters is 1. The van der Waals surface area contributed by atoms with Gasteiger partial charge in [-0.1, -0.05) is 32.6 Å². The summed E-state index contributed by atoms with van der Waals surface area (Å²) in [5, 5.41) is 12.3. The molecule has 0 amide bonds. The third-order valence-electron chi connectivity index (χ3n) is 7.14. The standard InChI is InChI=1S/C26H30N2O4SSi/c1-6-26(31)20-12-22-23-18(13-28(22)24(29)19(20)14-32-25(26)30)16(9-10-34(3,4)5)17-11-15(33-2)7-8-21(17)27-23/h7-8,11-12,31H,6,9-10,13-14H2,1-5H3. The summed E-state index contributed by atoms with van der Waals surface area (Å²) in [6, 6.07) is 9.28. The molecule has 2 aliphatic heterocycles. The van der Waals surface area contributed by atoms with Crippen molar-refractivity contribution in [2.45, 2.75) is 69.1 Å². The second-order valence-electron chi connectivity index (χ2n) is 10.5. The number of pyridine rings is 2. The summed E-state index contributed by atoms with van der Waals surface area (Å²) in [6.45, 7) is 9.18. The Morgan fingerprint density at radius 2 is 1.97 bits per heavy atom. The van der Waals surface area contributed by atoms with Crippen molar-refractivity contribution >= 4 is 36.7 Å². The lowest BCUT2D eigenvalue weighted by Crippen LogP contribution is -2.44. The molecule has 1 aromatic carbocycles. The van der Waals surface area contributed by atoms with Crippen LogP contribution in [0.2, 0.25) is 25.7 Å². The van der Waals surface area contributed by atoms with E-state index in [0.29, 0.717) is 23.4 Å². The van der Waals surface area contributed by atoms with Crippen LogP contribution in [0.3, 0.4) is 0 Å². The molecule has 0 bridgehead atoms. The highest BCUT2D eigenvalue weighted by Gasteiger charge is 2.45. The van der Waals surface area contributed by atoms with Gasteiger partial charge in [-0.2, -0.15) is 0 Å². The molecule has 34 heavy (non-hydrogen) atoms. The van der Waals surface area contributed by atoms with Crippen molar-refractivity contribution in [3.8, 4) is 11.4 Å². The number of carbonyl (C=O) groups is 1. The fraction of sp³-hybridized carbons (Fsp3) is 0.423. The topological polar surface area (TPSA) is 81.4 Å². The first kappa shape index (κ1) is 23.3. The summed E-state index contributed by atoms with van der Waals surface area (Å²) in [7, 11) is -1.31. The van der Waals surface area contributed by atoms with Crippen LogP contribution in [0, 0.1) is 0 Å². The third kappa shape index (κ3) is 3.54. The smallest absolute Gasteiger partial charge is 0.343 e. The highest BCUT2D eigenvalue weighted by atomic mass is 32.2. The number of benzene rings is 1. The van der Waals surface area contributed by atoms with Crippen molar-refractivity contribution in [2.75, 3.05) is 6.26 Å². The highest BCUT2D eigenvalue weighted by Crippen LogP contribution is 2.41. The molecule has 178 valence electrons. The SMILES string of the molecule is CCC1(O)C(=O)OCc2c1cc1n(c2=O)Cc2c-1nc1ccc(SC)cc1c2CC[Si](C)(C)C. The molecule has 0 radical (unpaired) electrons. The molecule has 1 atom stereocenters. The van der Waals surface area contributed by atoms with E-state index in [1.807, 2.05) is 0 Å². The normalized spacial score (nSPS) is 19.1. The van der Waals surface area contributed by atoms with Crippen LogP contribution in [0.1, 0.15) is 35.6 Å². The summed E-state index contributed by atoms with van der Waals surface area (Å²) >= 11 is 1.71. The molecule has 0 aliphatic carbocycles. The maximum atomic E-state index is 13.5. The van der Waals surface area contributed by atoms with E-state index in [9.17, 15) is 14.7 Å². The molecular formula is C26H30N2O4SSi. The van der Waals surface area contributed by atoms with E-state index in [4.69, 9.17) is 9.72 Å². The highest BCUT2D eigenvalue weighted by molar-refractivity contribution is 7.98. The summed E-state index contributed by atoms with van der Waals surface area (Å²) in [5.74, 6) is -0.697. The zero-order valence-corrected chi connectivity index (χ0v) is 22.1. The minimum Gasteiger partial charge on any atom is -0.458 e. The van der Waals surface area contributed by atoms with Crippen LogP contribution >= 0.6 is 11.8 Å². The zero-order chi connectivity index (χ0) is 24.4. The summed E-state index contributed by atoms with van der Waals surface area (Å²) < 4.78 is 6.94. The van der Waals surface area contributed by atoms with Crippen molar-refractivity contribution in [2.24, 2.45) is 0 Å². The molecule has 5 rings (SSSR count). The molecule has 0 saturated heterocycles. The van der Waals surface area contributed by atoms with E-state index in [1.165, 1.54) is 10.5 Å². The van der Waals surface area contributed by atoms with Crippen molar-refractivity contribution in [1.29, 1.82) is 0 Å². The number of aromatic nitrogens is 2. The van der Waals surface area contributed by atoms with Gasteiger partial charge in [0.1, 0.15) is 6.61 Å². The fourth-order valence-electron chi connectivity index (χ4n) is 5.05. The Morgan fingerprint density at radius 1 is 1.21 bits per heavy atom. The first-order valence-electron chi connectivity index (χ1n) is 11.7. The van der Waals surface area contributed by atoms with Gasteiger partial charge in [0, 0.05) is 29.5 Å². The number of carbonyl (C=O) groups excluding carboxylic acids is 1. The number of nitrogens with zero attached hydrogens (tertiary/aromatic N) is 2. The maximum Gasteiger partial charge on any atom is 0.343 e. The Morgan fingerprint density at radius 3 is 2.65 bits per heavy atom. The van der Waals surface area contributed by atoms with Crippen LogP contribution in [0.4, 0.5) is 0 Å². The number of fused-ring (bicyclic) bond motifs is 5. The van der Waals surface area contributed by atoms with Crippen LogP contribution in [0.5, 0.6) is 0 Å². The van der Waals surface area contributed by atoms with E-state index in [0.717, 1.165) is 34.6 Å². The average molecular weight is 495 g/mol. The number of rotatable bonds is 5. The molecule has 1 unspecified atom stereocenters. The molecule has 6 nitrogen and oxygen atoms in total. The second-order valence-corrected chi connectivity index (χ2v) is 17.0. The van der Waals surface area contributed by atoms with Crippen molar-refractivity contribution < 1.29 is 14.6 Å². The quantitative estimate of drug-likeness (QED) is 0.246. The molecule has 2 aromatic heterocycles. The number of cyclic esters (lactones) is 1. The minimum absolute atomic E-state index is 0.110. The fourth-order valence-corrected chi connectivity index (χ4v) is 6.49. The Labute approximate surface area is 204 Å². The molecular weight excluding hydrogens is 464 g/mol. The Kier molecular flexibility index (Phi) is 5.54. The monoisotopic (exact) mass is 494 g/mol. The number of thioether (sulfide) groups is 1. The van der Waals surface area contributed by atoms with Crippen LogP contribution in [0.15, 0.2) is 34.0 Å². The summed E-state index contributed by atoms with van der Waals surface area (Å²) in [4.78, 5) is 32.2. The first-order chi connectivity index (χ1) is 16.1. The van der Waals surface area contributed by atoms with Gasteiger partial charge in [0.25, 0.3) is 5.56 Å². The van der Waals surface area contributed by atoms with Gasteiger partial charge in [-0.25, -0.2) is 9.78 Å². The number of ether oxygens (including phenoxy) is 1. The first-order valence-corrected chi connectivity index (χ1v) is 16.7. The van der Waals surface area contributed by atoms with Crippen molar-refractivity contribution in [3.63, 3.8) is 0 Å². The Bertz CT molecular complexity index is 1410. The lowest BCUT2D eigenvalue weighted by atomic mass is 9.86. The minimum atomic E-state index is -1.81. The summed E-state index contributed by atoms with van der Waals surface area (Å²) in [5.41, 5.74) is 3.40. The van der Waals surface area contributed by atoms with Gasteiger partial charge >= 0.3 is 5.97 Å². The van der Waals surface area contributed by atoms with Crippen LogP contribution < -0.4 is 5.56 Å². The van der Waals surface area contributed by atoms with E-state index in [2.05, 4.69) is 44.1 Å². The predicted molar refractivity (Wildman–Crippen MR) is 138 cm³/mol. The van der Waals surface area contributed by atoms with Gasteiger partial charge in [-0.3, -0.25) is 4.79 Å². The number of hydrogen-bond acceptors (Lipinski definition) is 6. The van der Waals surface area contributed by atoms with E-state index >= 15 is 0 Å². The third-order valence-corrected chi connectivity index (χ3v) is 9.61. The second kappa shape index (κ2) is 8.07. The Balaban J connectivity index is 1.77. The van der Waals surface area contributed by atoms with E-state index < -0.39 is 19.6 Å². The van der Waals surface area contributed by atoms with Gasteiger partial charge in [0.2, 0.25) is 0 Å². The van der Waals surface area contributed by atoms with Crippen LogP contribution in [0.25, 0.3) is 22.3 Å². The van der Waals surface area contributed by atoms with Gasteiger partial charge in [-0.05, 0) is 48.9 Å². The van der Waals surface area contributed by atoms with Crippen molar-refractivity contribution in [3.05, 3.63) is 56.9 Å². The molecule has 4 heterocycles. The maximum absolute atomic E-state index is 13.5. The molecule has 8 heteroatoms. The predicted octanol–water partition coefficient (Wildman–Crippen LogP) is 4.68. The van der Waals surface area contributed by atoms with Crippen LogP contribution in [-0.4, -0.2) is 35.0 Å². The molecule has 3 aromatic rings. The van der Waals surface area contributed by atoms with Gasteiger partial charge in [-0.15, -0.1) is 11.8 Å². The van der Waals surface area contributed by atoms with Crippen LogP contribution in [-0.2, 0) is 34.7 Å². The van der Waals surface area contributed by atoms with E-state index in [1.54, 1.807) is 29.3 Å². The van der Waals surface area contributed by atoms with Crippen molar-refractivity contribution in [1.82, 2.24) is 9.55 Å². The van der Waals surface area contributed by atoms with Gasteiger partial charge in [0.15, 0.2) is 5.60 Å².